The van der Waals surface area contributed by atoms with Crippen LogP contribution in [-0.2, 0) is 27.4 Å². The van der Waals surface area contributed by atoms with E-state index >= 15 is 0 Å². The number of benzene rings is 3. The van der Waals surface area contributed by atoms with Crippen molar-refractivity contribution in [2.45, 2.75) is 115 Å². The number of nitrogens with zero attached hydrogens (tertiary/aromatic N) is 1. The lowest BCUT2D eigenvalue weighted by Crippen LogP contribution is -2.61. The van der Waals surface area contributed by atoms with Crippen LogP contribution in [0, 0.1) is 11.8 Å². The van der Waals surface area contributed by atoms with Gasteiger partial charge in [0.15, 0.2) is 6.29 Å². The van der Waals surface area contributed by atoms with Gasteiger partial charge < -0.3 is 25.6 Å². The average Bonchev–Trinajstić information content (AvgIpc) is 3.08. The van der Waals surface area contributed by atoms with Crippen molar-refractivity contribution >= 4 is 5.91 Å². The highest BCUT2D eigenvalue weighted by Gasteiger charge is 2.46. The van der Waals surface area contributed by atoms with Gasteiger partial charge in [-0.25, -0.2) is 0 Å². The molecule has 2 heterocycles. The van der Waals surface area contributed by atoms with Gasteiger partial charge in [-0.3, -0.25) is 9.69 Å². The predicted molar refractivity (Wildman–Crippen MR) is 186 cm³/mol. The minimum Gasteiger partial charge on any atom is -0.392 e. The highest BCUT2D eigenvalue weighted by atomic mass is 16.7. The third-order valence-corrected chi connectivity index (χ3v) is 10.5. The van der Waals surface area contributed by atoms with Crippen LogP contribution in [0.25, 0.3) is 11.1 Å². The van der Waals surface area contributed by atoms with Crippen molar-refractivity contribution in [2.24, 2.45) is 17.6 Å². The van der Waals surface area contributed by atoms with Gasteiger partial charge >= 0.3 is 0 Å². The molecular formula is C40H53N3O4. The van der Waals surface area contributed by atoms with Crippen LogP contribution < -0.4 is 11.1 Å². The molecule has 252 valence electrons. The number of aliphatic hydroxyl groups excluding tert-OH is 1. The number of nitrogens with two attached hydrogens (primary N) is 1. The number of amides is 1. The number of carbonyl (C=O) groups excluding carboxylic acids is 1. The predicted octanol–water partition coefficient (Wildman–Crippen LogP) is 7.03. The molecule has 1 amide bonds. The van der Waals surface area contributed by atoms with E-state index in [1.54, 1.807) is 0 Å². The standard InChI is InChI=1S/C40H53N3O4/c1-26-36(24-43-34-11-6-5-9-30(34)20-21-35(43)38(45)42-40(2,3)4)46-39(47-37(26)31-14-12-27(25-44)13-15-31)32-18-16-29(17-19-32)33-10-7-8-28(22-33)23-41/h7-8,10,12-19,22,26,30,34-37,39,44H,5-6,9,11,20-21,23-25,41H2,1-4H3,(H,42,45)/t26-,30+,34+,35+,36+,37+,39+/m0/s1. The number of aliphatic hydroxyl groups is 1. The molecule has 0 spiro atoms. The van der Waals surface area contributed by atoms with Crippen LogP contribution in [0.15, 0.2) is 72.8 Å². The van der Waals surface area contributed by atoms with Crippen LogP contribution >= 0.6 is 0 Å². The Morgan fingerprint density at radius 1 is 0.894 bits per heavy atom. The Balaban J connectivity index is 1.31. The minimum atomic E-state index is -0.558. The molecule has 4 N–H and O–H groups in total. The van der Waals surface area contributed by atoms with Crippen LogP contribution in [-0.4, -0.2) is 46.2 Å². The van der Waals surface area contributed by atoms with E-state index in [-0.39, 0.29) is 42.2 Å². The summed E-state index contributed by atoms with van der Waals surface area (Å²) >= 11 is 0. The highest BCUT2D eigenvalue weighted by molar-refractivity contribution is 5.82. The number of hydrogen-bond acceptors (Lipinski definition) is 6. The fourth-order valence-electron chi connectivity index (χ4n) is 7.97. The summed E-state index contributed by atoms with van der Waals surface area (Å²) in [6.45, 7) is 9.58. The summed E-state index contributed by atoms with van der Waals surface area (Å²) in [6, 6.07) is 25.1. The Kier molecular flexibility index (Phi) is 10.5. The van der Waals surface area contributed by atoms with Gasteiger partial charge in [-0.05, 0) is 86.3 Å². The van der Waals surface area contributed by atoms with Crippen LogP contribution in [0.4, 0.5) is 0 Å². The molecule has 1 aliphatic carbocycles. The zero-order chi connectivity index (χ0) is 33.1. The van der Waals surface area contributed by atoms with E-state index in [0.29, 0.717) is 25.0 Å². The lowest BCUT2D eigenvalue weighted by atomic mass is 9.75. The lowest BCUT2D eigenvalue weighted by Gasteiger charge is -2.51. The summed E-state index contributed by atoms with van der Waals surface area (Å²) in [7, 11) is 0. The van der Waals surface area contributed by atoms with E-state index in [0.717, 1.165) is 52.6 Å². The molecule has 47 heavy (non-hydrogen) atoms. The lowest BCUT2D eigenvalue weighted by molar-refractivity contribution is -0.278. The molecule has 7 atom stereocenters. The van der Waals surface area contributed by atoms with Crippen molar-refractivity contribution in [2.75, 3.05) is 6.54 Å². The Hall–Kier alpha value is -3.07. The molecule has 7 heteroatoms. The van der Waals surface area contributed by atoms with Gasteiger partial charge in [-0.15, -0.1) is 0 Å². The van der Waals surface area contributed by atoms with Crippen LogP contribution in [0.2, 0.25) is 0 Å². The van der Waals surface area contributed by atoms with E-state index in [2.05, 4.69) is 86.4 Å². The Labute approximate surface area is 280 Å². The number of nitrogens with one attached hydrogen (secondary N) is 1. The molecule has 3 aromatic rings. The van der Waals surface area contributed by atoms with Crippen molar-refractivity contribution in [1.29, 1.82) is 0 Å². The number of hydrogen-bond donors (Lipinski definition) is 3. The Morgan fingerprint density at radius 2 is 1.62 bits per heavy atom. The smallest absolute Gasteiger partial charge is 0.237 e. The molecule has 3 aromatic carbocycles. The van der Waals surface area contributed by atoms with Gasteiger partial charge in [0.2, 0.25) is 5.91 Å². The summed E-state index contributed by atoms with van der Waals surface area (Å²) < 4.78 is 13.7. The maximum Gasteiger partial charge on any atom is 0.237 e. The molecule has 2 aliphatic heterocycles. The molecular weight excluding hydrogens is 586 g/mol. The third-order valence-electron chi connectivity index (χ3n) is 10.5. The molecule has 0 unspecified atom stereocenters. The second-order valence-corrected chi connectivity index (χ2v) is 15.0. The Bertz CT molecular complexity index is 1480. The largest absolute Gasteiger partial charge is 0.392 e. The molecule has 3 aliphatic rings. The number of piperidine rings is 1. The minimum absolute atomic E-state index is 0.00574. The molecule has 6 rings (SSSR count). The second kappa shape index (κ2) is 14.6. The van der Waals surface area contributed by atoms with Crippen molar-refractivity contribution in [3.05, 3.63) is 95.1 Å². The van der Waals surface area contributed by atoms with Gasteiger partial charge in [0.1, 0.15) is 0 Å². The zero-order valence-electron chi connectivity index (χ0n) is 28.5. The van der Waals surface area contributed by atoms with Gasteiger partial charge in [-0.2, -0.15) is 0 Å². The number of ether oxygens (including phenoxy) is 2. The molecule has 1 saturated carbocycles. The quantitative estimate of drug-likeness (QED) is 0.245. The van der Waals surface area contributed by atoms with E-state index in [1.165, 1.54) is 19.3 Å². The van der Waals surface area contributed by atoms with Gasteiger partial charge in [0.05, 0.1) is 24.9 Å². The summed E-state index contributed by atoms with van der Waals surface area (Å²) in [6.07, 6.45) is 5.92. The number of likely N-dealkylation sites (tertiary alicyclic amines) is 1. The third kappa shape index (κ3) is 7.82. The molecule has 0 aromatic heterocycles. The van der Waals surface area contributed by atoms with Crippen molar-refractivity contribution < 1.29 is 19.4 Å². The second-order valence-electron chi connectivity index (χ2n) is 15.0. The maximum atomic E-state index is 13.8. The zero-order valence-corrected chi connectivity index (χ0v) is 28.5. The van der Waals surface area contributed by atoms with E-state index in [9.17, 15) is 9.90 Å². The van der Waals surface area contributed by atoms with Crippen LogP contribution in [0.1, 0.15) is 101 Å². The highest BCUT2D eigenvalue weighted by Crippen LogP contribution is 2.44. The normalized spacial score (nSPS) is 28.4. The first-order valence-electron chi connectivity index (χ1n) is 17.6. The fraction of sp³-hybridized carbons (Fsp3) is 0.525. The van der Waals surface area contributed by atoms with Crippen molar-refractivity contribution in [3.8, 4) is 11.1 Å². The van der Waals surface area contributed by atoms with Crippen molar-refractivity contribution in [3.63, 3.8) is 0 Å². The summed E-state index contributed by atoms with van der Waals surface area (Å²) in [5.74, 6) is 0.795. The SMILES string of the molecule is C[C@H]1[C@@H](CN2[C@@H](C(=O)NC(C)(C)C)CC[C@H]3CCCC[C@H]32)O[C@@H](c2ccc(-c3cccc(CN)c3)cc2)O[C@H]1c1ccc(CO)cc1. The molecule has 0 bridgehead atoms. The number of carbonyl (C=O) groups is 1. The number of fused-ring (bicyclic) bond motifs is 1. The topological polar surface area (TPSA) is 97.1 Å². The maximum absolute atomic E-state index is 13.8. The van der Waals surface area contributed by atoms with Crippen LogP contribution in [0.5, 0.6) is 0 Å². The monoisotopic (exact) mass is 639 g/mol. The van der Waals surface area contributed by atoms with Crippen molar-refractivity contribution in [1.82, 2.24) is 10.2 Å². The summed E-state index contributed by atoms with van der Waals surface area (Å²) in [5, 5.41) is 13.0. The molecule has 2 saturated heterocycles. The summed E-state index contributed by atoms with van der Waals surface area (Å²) in [5.41, 5.74) is 11.9. The van der Waals surface area contributed by atoms with Gasteiger partial charge in [0, 0.05) is 36.2 Å². The fourth-order valence-corrected chi connectivity index (χ4v) is 7.97. The van der Waals surface area contributed by atoms with Crippen LogP contribution in [0.3, 0.4) is 0 Å². The summed E-state index contributed by atoms with van der Waals surface area (Å²) in [4.78, 5) is 16.3. The molecule has 7 nitrogen and oxygen atoms in total. The van der Waals surface area contributed by atoms with E-state index in [1.807, 2.05) is 24.3 Å². The van der Waals surface area contributed by atoms with Gasteiger partial charge in [-0.1, -0.05) is 86.5 Å². The van der Waals surface area contributed by atoms with E-state index < -0.39 is 6.29 Å². The first kappa shape index (κ1) is 33.8. The first-order chi connectivity index (χ1) is 22.6. The molecule has 0 radical (unpaired) electrons. The van der Waals surface area contributed by atoms with Gasteiger partial charge in [0.25, 0.3) is 0 Å². The van der Waals surface area contributed by atoms with E-state index in [4.69, 9.17) is 15.2 Å². The first-order valence-corrected chi connectivity index (χ1v) is 17.6. The Morgan fingerprint density at radius 3 is 2.32 bits per heavy atom. The number of rotatable bonds is 8. The molecule has 3 fully saturated rings. The average molecular weight is 640 g/mol.